The largest absolute Gasteiger partial charge is 0.463 e. The lowest BCUT2D eigenvalue weighted by molar-refractivity contribution is -0.268. The summed E-state index contributed by atoms with van der Waals surface area (Å²) >= 11 is 0. The SMILES string of the molecule is O=C(N=C(C(F)(F)F)C(F)(F)F)C(F)(F)C(F)(F)F. The number of carbonyl (C=O) groups excluding carboxylic acids is 1. The van der Waals surface area contributed by atoms with E-state index >= 15 is 0 Å². The standard InChI is InChI=1S/C6F11NO/c7-3(8,6(15,16)17)2(19)18-1(4(9,10)11)5(12,13)14. The first-order valence-corrected chi connectivity index (χ1v) is 3.73. The summed E-state index contributed by atoms with van der Waals surface area (Å²) in [6, 6.07) is 0. The van der Waals surface area contributed by atoms with Crippen molar-refractivity contribution in [3.8, 4) is 0 Å². The number of carbonyl (C=O) groups is 1. The van der Waals surface area contributed by atoms with Crippen molar-refractivity contribution >= 4 is 11.6 Å². The van der Waals surface area contributed by atoms with Crippen LogP contribution in [0.25, 0.3) is 0 Å². The molecule has 0 aliphatic heterocycles. The highest BCUT2D eigenvalue weighted by Crippen LogP contribution is 2.38. The fraction of sp³-hybridized carbons (Fsp3) is 0.667. The van der Waals surface area contributed by atoms with Gasteiger partial charge in [0.15, 0.2) is 0 Å². The van der Waals surface area contributed by atoms with Gasteiger partial charge in [-0.25, -0.2) is 0 Å². The zero-order valence-corrected chi connectivity index (χ0v) is 8.01. The van der Waals surface area contributed by atoms with E-state index < -0.39 is 36.1 Å². The number of halogens is 11. The van der Waals surface area contributed by atoms with Crippen molar-refractivity contribution in [3.63, 3.8) is 0 Å². The Balaban J connectivity index is 5.72. The van der Waals surface area contributed by atoms with Crippen LogP contribution >= 0.6 is 0 Å². The lowest BCUT2D eigenvalue weighted by atomic mass is 10.3. The van der Waals surface area contributed by atoms with Gasteiger partial charge in [0, 0.05) is 0 Å². The van der Waals surface area contributed by atoms with Gasteiger partial charge in [0.2, 0.25) is 5.71 Å². The van der Waals surface area contributed by atoms with E-state index in [1.807, 2.05) is 0 Å². The maximum absolute atomic E-state index is 12.1. The maximum atomic E-state index is 12.1. The van der Waals surface area contributed by atoms with Gasteiger partial charge in [-0.3, -0.25) is 4.79 Å². The molecule has 0 saturated carbocycles. The summed E-state index contributed by atoms with van der Waals surface area (Å²) in [4.78, 5) is 11.0. The Bertz CT molecular complexity index is 367. The number of hydrogen-bond acceptors (Lipinski definition) is 1. The van der Waals surface area contributed by atoms with Crippen molar-refractivity contribution in [2.24, 2.45) is 4.99 Å². The van der Waals surface area contributed by atoms with Gasteiger partial charge in [-0.2, -0.15) is 53.3 Å². The van der Waals surface area contributed by atoms with Gasteiger partial charge in [-0.1, -0.05) is 0 Å². The number of nitrogens with zero attached hydrogens (tertiary/aromatic N) is 1. The van der Waals surface area contributed by atoms with Crippen molar-refractivity contribution in [3.05, 3.63) is 0 Å². The Morgan fingerprint density at radius 2 is 1.00 bits per heavy atom. The summed E-state index contributed by atoms with van der Waals surface area (Å²) in [5.74, 6) is -10.4. The third-order valence-electron chi connectivity index (χ3n) is 1.37. The summed E-state index contributed by atoms with van der Waals surface area (Å²) in [5.41, 5.74) is -4.01. The van der Waals surface area contributed by atoms with E-state index in [4.69, 9.17) is 0 Å². The zero-order valence-electron chi connectivity index (χ0n) is 8.01. The molecule has 13 heteroatoms. The molecule has 1 amide bonds. The highest BCUT2D eigenvalue weighted by Gasteiger charge is 2.65. The number of aliphatic imine (C=N–C) groups is 1. The van der Waals surface area contributed by atoms with E-state index in [9.17, 15) is 53.1 Å². The average molecular weight is 311 g/mol. The summed E-state index contributed by atoms with van der Waals surface area (Å²) in [7, 11) is 0. The smallest absolute Gasteiger partial charge is 0.265 e. The molecule has 0 atom stereocenters. The molecule has 0 aliphatic carbocycles. The number of hydrogen-bond donors (Lipinski definition) is 0. The molecule has 0 unspecified atom stereocenters. The second kappa shape index (κ2) is 4.59. The van der Waals surface area contributed by atoms with Gasteiger partial charge in [0.25, 0.3) is 0 Å². The minimum absolute atomic E-state index is 0.815. The van der Waals surface area contributed by atoms with Crippen LogP contribution in [-0.4, -0.2) is 36.1 Å². The van der Waals surface area contributed by atoms with Crippen LogP contribution in [0, 0.1) is 0 Å². The van der Waals surface area contributed by atoms with Crippen molar-refractivity contribution in [1.29, 1.82) is 0 Å². The summed E-state index contributed by atoms with van der Waals surface area (Å²) < 4.78 is 129. The van der Waals surface area contributed by atoms with Crippen LogP contribution in [0.1, 0.15) is 0 Å². The third-order valence-corrected chi connectivity index (χ3v) is 1.37. The fourth-order valence-electron chi connectivity index (χ4n) is 0.580. The van der Waals surface area contributed by atoms with Gasteiger partial charge in [-0.05, 0) is 0 Å². The quantitative estimate of drug-likeness (QED) is 0.540. The zero-order chi connectivity index (χ0) is 15.9. The molecule has 0 aromatic heterocycles. The molecule has 0 aliphatic rings. The van der Waals surface area contributed by atoms with Gasteiger partial charge < -0.3 is 0 Å². The van der Waals surface area contributed by atoms with E-state index in [2.05, 4.69) is 0 Å². The van der Waals surface area contributed by atoms with Gasteiger partial charge in [0.1, 0.15) is 0 Å². The Morgan fingerprint density at radius 3 is 1.21 bits per heavy atom. The normalized spacial score (nSPS) is 14.3. The predicted molar refractivity (Wildman–Crippen MR) is 35.6 cm³/mol. The Kier molecular flexibility index (Phi) is 4.25. The third kappa shape index (κ3) is 4.02. The van der Waals surface area contributed by atoms with Crippen LogP contribution in [0.4, 0.5) is 48.3 Å². The minimum Gasteiger partial charge on any atom is -0.265 e. The number of alkyl halides is 11. The number of amides is 1. The molecule has 0 saturated heterocycles. The van der Waals surface area contributed by atoms with E-state index in [-0.39, 0.29) is 0 Å². The molecule has 0 bridgehead atoms. The van der Waals surface area contributed by atoms with Crippen LogP contribution in [-0.2, 0) is 4.79 Å². The average Bonchev–Trinajstić information content (AvgIpc) is 2.07. The van der Waals surface area contributed by atoms with Crippen LogP contribution in [0.15, 0.2) is 4.99 Å². The first kappa shape index (κ1) is 17.6. The monoisotopic (exact) mass is 311 g/mol. The molecule has 112 valence electrons. The van der Waals surface area contributed by atoms with Crippen molar-refractivity contribution in [1.82, 2.24) is 0 Å². The lowest BCUT2D eigenvalue weighted by Gasteiger charge is -2.17. The molecule has 0 spiro atoms. The van der Waals surface area contributed by atoms with Crippen molar-refractivity contribution < 1.29 is 53.1 Å². The highest BCUT2D eigenvalue weighted by atomic mass is 19.4. The first-order valence-electron chi connectivity index (χ1n) is 3.73. The molecule has 0 aromatic rings. The van der Waals surface area contributed by atoms with E-state index in [1.54, 1.807) is 0 Å². The van der Waals surface area contributed by atoms with Gasteiger partial charge in [-0.15, -0.1) is 0 Å². The van der Waals surface area contributed by atoms with Gasteiger partial charge >= 0.3 is 30.4 Å². The molecular weight excluding hydrogens is 311 g/mol. The molecular formula is C6F11NO. The van der Waals surface area contributed by atoms with Crippen LogP contribution < -0.4 is 0 Å². The Labute approximate surface area is 95.4 Å². The topological polar surface area (TPSA) is 29.4 Å². The second-order valence-corrected chi connectivity index (χ2v) is 2.83. The summed E-state index contributed by atoms with van der Waals surface area (Å²) in [6.07, 6.45) is -19.5. The predicted octanol–water partition coefficient (Wildman–Crippen LogP) is 3.28. The highest BCUT2D eigenvalue weighted by molar-refractivity contribution is 6.04. The van der Waals surface area contributed by atoms with Crippen LogP contribution in [0.3, 0.4) is 0 Å². The van der Waals surface area contributed by atoms with Crippen LogP contribution in [0.2, 0.25) is 0 Å². The summed E-state index contributed by atoms with van der Waals surface area (Å²) in [6.45, 7) is 0. The molecule has 0 radical (unpaired) electrons. The molecule has 19 heavy (non-hydrogen) atoms. The Morgan fingerprint density at radius 1 is 0.684 bits per heavy atom. The molecule has 0 heterocycles. The first-order chi connectivity index (χ1) is 8.01. The molecule has 0 aromatic carbocycles. The molecule has 0 N–H and O–H groups in total. The lowest BCUT2D eigenvalue weighted by Crippen LogP contribution is -2.46. The van der Waals surface area contributed by atoms with E-state index in [1.165, 1.54) is 0 Å². The van der Waals surface area contributed by atoms with E-state index in [0.717, 1.165) is 4.99 Å². The molecule has 0 fully saturated rings. The number of rotatable bonds is 1. The Hall–Kier alpha value is -1.43. The van der Waals surface area contributed by atoms with Crippen molar-refractivity contribution in [2.45, 2.75) is 24.5 Å². The van der Waals surface area contributed by atoms with Crippen molar-refractivity contribution in [2.75, 3.05) is 0 Å². The molecule has 2 nitrogen and oxygen atoms in total. The summed E-state index contributed by atoms with van der Waals surface area (Å²) in [5, 5.41) is 0. The second-order valence-electron chi connectivity index (χ2n) is 2.83. The van der Waals surface area contributed by atoms with Gasteiger partial charge in [0.05, 0.1) is 0 Å². The fourth-order valence-corrected chi connectivity index (χ4v) is 0.580. The minimum atomic E-state index is -6.67. The molecule has 0 rings (SSSR count). The van der Waals surface area contributed by atoms with Crippen LogP contribution in [0.5, 0.6) is 0 Å². The maximum Gasteiger partial charge on any atom is 0.463 e. The van der Waals surface area contributed by atoms with E-state index in [0.29, 0.717) is 0 Å².